The fourth-order valence-electron chi connectivity index (χ4n) is 2.25. The number of esters is 1. The molecular weight excluding hydrogens is 204 g/mol. The first-order chi connectivity index (χ1) is 7.75. The van der Waals surface area contributed by atoms with Gasteiger partial charge in [0.05, 0.1) is 6.61 Å². The molecule has 1 aliphatic carbocycles. The van der Waals surface area contributed by atoms with Crippen LogP contribution in [0.1, 0.15) is 58.3 Å². The van der Waals surface area contributed by atoms with Crippen LogP contribution in [0.5, 0.6) is 0 Å². The minimum Gasteiger partial charge on any atom is -0.464 e. The summed E-state index contributed by atoms with van der Waals surface area (Å²) >= 11 is 0. The minimum atomic E-state index is -0.887. The van der Waals surface area contributed by atoms with Crippen molar-refractivity contribution >= 4 is 5.97 Å². The van der Waals surface area contributed by atoms with Crippen molar-refractivity contribution in [1.82, 2.24) is 0 Å². The maximum atomic E-state index is 11.5. The van der Waals surface area contributed by atoms with Crippen LogP contribution in [0.15, 0.2) is 0 Å². The van der Waals surface area contributed by atoms with E-state index in [9.17, 15) is 9.90 Å². The summed E-state index contributed by atoms with van der Waals surface area (Å²) in [6.07, 6.45) is 7.62. The molecule has 0 aromatic carbocycles. The number of carbonyl (C=O) groups excluding carboxylic acids is 1. The number of hydrogen-bond acceptors (Lipinski definition) is 3. The summed E-state index contributed by atoms with van der Waals surface area (Å²) in [4.78, 5) is 11.5. The van der Waals surface area contributed by atoms with Crippen molar-refractivity contribution in [2.24, 2.45) is 5.92 Å². The van der Waals surface area contributed by atoms with Crippen LogP contribution in [0.3, 0.4) is 0 Å². The molecule has 0 aromatic heterocycles. The minimum absolute atomic E-state index is 0.132. The number of aliphatic hydroxyl groups is 1. The van der Waals surface area contributed by atoms with Gasteiger partial charge in [-0.05, 0) is 25.2 Å². The van der Waals surface area contributed by atoms with E-state index in [0.717, 1.165) is 44.9 Å². The fourth-order valence-corrected chi connectivity index (χ4v) is 2.25. The summed E-state index contributed by atoms with van der Waals surface area (Å²) in [5, 5.41) is 9.82. The third-order valence-electron chi connectivity index (χ3n) is 3.33. The van der Waals surface area contributed by atoms with E-state index < -0.39 is 12.1 Å². The lowest BCUT2D eigenvalue weighted by Gasteiger charge is -2.25. The number of unbranched alkanes of at least 4 members (excludes halogenated alkanes) is 2. The molecule has 3 nitrogen and oxygen atoms in total. The van der Waals surface area contributed by atoms with E-state index in [0.29, 0.717) is 6.61 Å². The van der Waals surface area contributed by atoms with Gasteiger partial charge in [0.1, 0.15) is 0 Å². The molecule has 1 aliphatic rings. The molecule has 1 rings (SSSR count). The van der Waals surface area contributed by atoms with Crippen LogP contribution in [-0.2, 0) is 9.53 Å². The van der Waals surface area contributed by atoms with Gasteiger partial charge in [-0.3, -0.25) is 0 Å². The van der Waals surface area contributed by atoms with Crippen molar-refractivity contribution in [3.05, 3.63) is 0 Å². The first-order valence-corrected chi connectivity index (χ1v) is 6.60. The van der Waals surface area contributed by atoms with Gasteiger partial charge in [-0.15, -0.1) is 0 Å². The van der Waals surface area contributed by atoms with Crippen LogP contribution < -0.4 is 0 Å². The van der Waals surface area contributed by atoms with Gasteiger partial charge in [-0.1, -0.05) is 39.0 Å². The van der Waals surface area contributed by atoms with Crippen LogP contribution >= 0.6 is 0 Å². The van der Waals surface area contributed by atoms with Gasteiger partial charge in [0, 0.05) is 0 Å². The van der Waals surface area contributed by atoms with Crippen LogP contribution in [-0.4, -0.2) is 23.8 Å². The lowest BCUT2D eigenvalue weighted by atomic mass is 9.85. The molecule has 1 fully saturated rings. The first-order valence-electron chi connectivity index (χ1n) is 6.60. The number of carbonyl (C=O) groups is 1. The lowest BCUT2D eigenvalue weighted by molar-refractivity contribution is -0.157. The molecule has 94 valence electrons. The smallest absolute Gasteiger partial charge is 0.335 e. The summed E-state index contributed by atoms with van der Waals surface area (Å²) in [7, 11) is 0. The van der Waals surface area contributed by atoms with E-state index in [4.69, 9.17) is 4.74 Å². The second kappa shape index (κ2) is 7.66. The fraction of sp³-hybridized carbons (Fsp3) is 0.923. The molecule has 3 heteroatoms. The number of hydrogen-bond donors (Lipinski definition) is 1. The standard InChI is InChI=1S/C13H24O3/c1-2-3-7-10-16-13(15)12(14)11-8-5-4-6-9-11/h11-12,14H,2-10H2,1H3/t12-/m1/s1. The molecule has 0 bridgehead atoms. The lowest BCUT2D eigenvalue weighted by Crippen LogP contribution is -2.32. The third kappa shape index (κ3) is 4.52. The molecule has 16 heavy (non-hydrogen) atoms. The average molecular weight is 228 g/mol. The summed E-state index contributed by atoms with van der Waals surface area (Å²) in [6.45, 7) is 2.56. The van der Waals surface area contributed by atoms with Crippen molar-refractivity contribution < 1.29 is 14.6 Å². The molecule has 0 amide bonds. The van der Waals surface area contributed by atoms with Crippen molar-refractivity contribution in [1.29, 1.82) is 0 Å². The Kier molecular flexibility index (Phi) is 6.46. The van der Waals surface area contributed by atoms with E-state index >= 15 is 0 Å². The van der Waals surface area contributed by atoms with E-state index in [1.54, 1.807) is 0 Å². The van der Waals surface area contributed by atoms with E-state index in [1.165, 1.54) is 6.42 Å². The molecule has 1 saturated carbocycles. The maximum absolute atomic E-state index is 11.5. The molecule has 0 radical (unpaired) electrons. The van der Waals surface area contributed by atoms with Crippen molar-refractivity contribution in [2.75, 3.05) is 6.61 Å². The van der Waals surface area contributed by atoms with Crippen molar-refractivity contribution in [3.63, 3.8) is 0 Å². The van der Waals surface area contributed by atoms with Gasteiger partial charge in [-0.25, -0.2) is 4.79 Å². The summed E-state index contributed by atoms with van der Waals surface area (Å²) in [6, 6.07) is 0. The highest BCUT2D eigenvalue weighted by Crippen LogP contribution is 2.26. The summed E-state index contributed by atoms with van der Waals surface area (Å²) in [5.41, 5.74) is 0. The Bertz CT molecular complexity index is 197. The zero-order valence-electron chi connectivity index (χ0n) is 10.3. The van der Waals surface area contributed by atoms with E-state index in [1.807, 2.05) is 0 Å². The van der Waals surface area contributed by atoms with Gasteiger partial charge >= 0.3 is 5.97 Å². The van der Waals surface area contributed by atoms with Gasteiger partial charge in [0.25, 0.3) is 0 Å². The number of ether oxygens (including phenoxy) is 1. The predicted molar refractivity (Wildman–Crippen MR) is 63.1 cm³/mol. The predicted octanol–water partition coefficient (Wildman–Crippen LogP) is 2.66. The number of rotatable bonds is 6. The highest BCUT2D eigenvalue weighted by atomic mass is 16.5. The van der Waals surface area contributed by atoms with E-state index in [2.05, 4.69) is 6.92 Å². The Morgan fingerprint density at radius 2 is 2.00 bits per heavy atom. The van der Waals surface area contributed by atoms with Crippen LogP contribution in [0.25, 0.3) is 0 Å². The van der Waals surface area contributed by atoms with Crippen molar-refractivity contribution in [2.45, 2.75) is 64.4 Å². The zero-order chi connectivity index (χ0) is 11.8. The van der Waals surface area contributed by atoms with Gasteiger partial charge in [0.2, 0.25) is 0 Å². The molecule has 0 aromatic rings. The average Bonchev–Trinajstić information content (AvgIpc) is 2.34. The quantitative estimate of drug-likeness (QED) is 0.561. The summed E-state index contributed by atoms with van der Waals surface area (Å²) in [5.74, 6) is -0.282. The molecule has 0 saturated heterocycles. The highest BCUT2D eigenvalue weighted by Gasteiger charge is 2.28. The molecule has 0 aliphatic heterocycles. The Morgan fingerprint density at radius 3 is 2.62 bits per heavy atom. The third-order valence-corrected chi connectivity index (χ3v) is 3.33. The Labute approximate surface area is 98.2 Å². The molecule has 0 unspecified atom stereocenters. The van der Waals surface area contributed by atoms with Gasteiger partial charge in [-0.2, -0.15) is 0 Å². The zero-order valence-corrected chi connectivity index (χ0v) is 10.3. The number of aliphatic hydroxyl groups excluding tert-OH is 1. The maximum Gasteiger partial charge on any atom is 0.335 e. The Morgan fingerprint density at radius 1 is 1.31 bits per heavy atom. The monoisotopic (exact) mass is 228 g/mol. The van der Waals surface area contributed by atoms with Crippen molar-refractivity contribution in [3.8, 4) is 0 Å². The highest BCUT2D eigenvalue weighted by molar-refractivity contribution is 5.74. The molecule has 1 N–H and O–H groups in total. The van der Waals surface area contributed by atoms with E-state index in [-0.39, 0.29) is 5.92 Å². The molecular formula is C13H24O3. The normalized spacial score (nSPS) is 19.4. The largest absolute Gasteiger partial charge is 0.464 e. The second-order valence-corrected chi connectivity index (χ2v) is 4.72. The van der Waals surface area contributed by atoms with Gasteiger partial charge in [0.15, 0.2) is 6.10 Å². The topological polar surface area (TPSA) is 46.5 Å². The first kappa shape index (κ1) is 13.5. The Balaban J connectivity index is 2.18. The van der Waals surface area contributed by atoms with Crippen LogP contribution in [0, 0.1) is 5.92 Å². The summed E-state index contributed by atoms with van der Waals surface area (Å²) < 4.78 is 5.07. The molecule has 0 spiro atoms. The molecule has 1 atom stereocenters. The molecule has 0 heterocycles. The Hall–Kier alpha value is -0.570. The SMILES string of the molecule is CCCCCOC(=O)[C@H](O)C1CCCCC1. The second-order valence-electron chi connectivity index (χ2n) is 4.72. The van der Waals surface area contributed by atoms with Crippen LogP contribution in [0.2, 0.25) is 0 Å². The van der Waals surface area contributed by atoms with Crippen LogP contribution in [0.4, 0.5) is 0 Å². The van der Waals surface area contributed by atoms with Gasteiger partial charge < -0.3 is 9.84 Å².